The molecule has 1 aliphatic heterocycles. The van der Waals surface area contributed by atoms with Crippen LogP contribution in [0, 0.1) is 12.8 Å². The van der Waals surface area contributed by atoms with Crippen LogP contribution in [0.4, 0.5) is 5.69 Å². The molecular weight excluding hydrogens is 455 g/mol. The van der Waals surface area contributed by atoms with E-state index in [1.807, 2.05) is 25.1 Å². The molecule has 0 N–H and O–H groups in total. The summed E-state index contributed by atoms with van der Waals surface area (Å²) < 4.78 is 5.81. The summed E-state index contributed by atoms with van der Waals surface area (Å²) >= 11 is 6.32. The molecule has 5 rings (SSSR count). The fraction of sp³-hybridized carbons (Fsp3) is 0.444. The number of hydrogen-bond acceptors (Lipinski definition) is 6. The van der Waals surface area contributed by atoms with Crippen LogP contribution in [0.15, 0.2) is 35.0 Å². The monoisotopic (exact) mass is 473 g/mol. The minimum absolute atomic E-state index is 0. The molecule has 1 saturated heterocycles. The molecule has 1 saturated carbocycles. The molecule has 0 spiro atoms. The molecule has 143 valence electrons. The molecule has 2 aliphatic rings. The number of rotatable bonds is 4. The normalized spacial score (nSPS) is 26.4. The number of halogens is 1. The van der Waals surface area contributed by atoms with Gasteiger partial charge in [0.25, 0.3) is 0 Å². The standard InChI is InChI=1S/C18H19ClN7O.Y/c1-11-7-14-10-18(9-11,17-23-22-12(2)27-17)25(14)24-13-3-4-15(19)16(8-13)26-20-5-6-21-26;/h3-6,8,11,14H,7,9-10H2,1-2H3;/q-1;/t11-,14-,18?;/m1./s1. The van der Waals surface area contributed by atoms with Gasteiger partial charge < -0.3 is 14.9 Å². The quantitative estimate of drug-likeness (QED) is 0.570. The maximum atomic E-state index is 6.32. The minimum Gasteiger partial charge on any atom is -0.619 e. The molecule has 10 heteroatoms. The maximum Gasteiger partial charge on any atom is 0.235 e. The van der Waals surface area contributed by atoms with Crippen LogP contribution in [0.5, 0.6) is 0 Å². The van der Waals surface area contributed by atoms with Crippen molar-refractivity contribution in [2.75, 3.05) is 0 Å². The molecule has 2 bridgehead atoms. The van der Waals surface area contributed by atoms with Crippen LogP contribution in [0.3, 0.4) is 0 Å². The summed E-state index contributed by atoms with van der Waals surface area (Å²) in [6.07, 6.45) is 6.29. The molecule has 3 aromatic rings. The van der Waals surface area contributed by atoms with Crippen molar-refractivity contribution in [1.29, 1.82) is 0 Å². The molecule has 1 aliphatic carbocycles. The smallest absolute Gasteiger partial charge is 0.235 e. The van der Waals surface area contributed by atoms with Gasteiger partial charge in [0.1, 0.15) is 5.69 Å². The summed E-state index contributed by atoms with van der Waals surface area (Å²) in [6, 6.07) is 6.00. The zero-order chi connectivity index (χ0) is 18.6. The van der Waals surface area contributed by atoms with E-state index in [0.29, 0.717) is 34.5 Å². The summed E-state index contributed by atoms with van der Waals surface area (Å²) in [5.41, 5.74) is 6.12. The van der Waals surface area contributed by atoms with Gasteiger partial charge in [-0.2, -0.15) is 15.0 Å². The Balaban J connectivity index is 0.00000192. The van der Waals surface area contributed by atoms with E-state index < -0.39 is 0 Å². The Morgan fingerprint density at radius 2 is 2.00 bits per heavy atom. The van der Waals surface area contributed by atoms with Crippen molar-refractivity contribution in [2.45, 2.75) is 44.7 Å². The molecule has 3 atom stereocenters. The molecule has 3 heterocycles. The van der Waals surface area contributed by atoms with Crippen molar-refractivity contribution >= 4 is 17.3 Å². The largest absolute Gasteiger partial charge is 0.619 e. The number of aromatic nitrogens is 5. The van der Waals surface area contributed by atoms with Crippen LogP contribution < -0.4 is 0 Å². The Hall–Kier alpha value is -1.35. The summed E-state index contributed by atoms with van der Waals surface area (Å²) in [4.78, 5) is 1.50. The van der Waals surface area contributed by atoms with Gasteiger partial charge in [0.15, 0.2) is 0 Å². The second kappa shape index (κ2) is 7.48. The van der Waals surface area contributed by atoms with Crippen molar-refractivity contribution in [1.82, 2.24) is 30.2 Å². The molecular formula is C18H19ClN7OY-. The SMILES string of the molecule is Cc1nnc(C23C[C@H](C)C[C@H](C2)N3[N-]c2ccc(Cl)c(-n3nccn3)c2)o1.[Y]. The van der Waals surface area contributed by atoms with Crippen LogP contribution in [0.1, 0.15) is 38.0 Å². The predicted octanol–water partition coefficient (Wildman–Crippen LogP) is 3.93. The van der Waals surface area contributed by atoms with E-state index in [4.69, 9.17) is 21.4 Å². The molecule has 1 aromatic carbocycles. The van der Waals surface area contributed by atoms with Crippen molar-refractivity contribution in [3.05, 3.63) is 52.8 Å². The topological polar surface area (TPSA) is 87.0 Å². The van der Waals surface area contributed by atoms with Gasteiger partial charge in [-0.15, -0.1) is 15.9 Å². The summed E-state index contributed by atoms with van der Waals surface area (Å²) in [7, 11) is 0. The minimum atomic E-state index is -0.312. The molecule has 1 radical (unpaired) electrons. The van der Waals surface area contributed by atoms with E-state index >= 15 is 0 Å². The third kappa shape index (κ3) is 3.20. The molecule has 8 nitrogen and oxygen atoms in total. The van der Waals surface area contributed by atoms with Gasteiger partial charge in [-0.25, -0.2) is 0 Å². The van der Waals surface area contributed by atoms with Crippen LogP contribution in [-0.2, 0) is 38.2 Å². The van der Waals surface area contributed by atoms with Crippen LogP contribution in [0.2, 0.25) is 5.02 Å². The molecule has 2 fully saturated rings. The van der Waals surface area contributed by atoms with Gasteiger partial charge in [-0.3, -0.25) is 0 Å². The van der Waals surface area contributed by atoms with Crippen LogP contribution in [-0.4, -0.2) is 36.2 Å². The summed E-state index contributed by atoms with van der Waals surface area (Å²) in [6.45, 7) is 4.09. The van der Waals surface area contributed by atoms with E-state index in [1.165, 1.54) is 4.80 Å². The first kappa shape index (κ1) is 19.9. The van der Waals surface area contributed by atoms with Gasteiger partial charge >= 0.3 is 0 Å². The Bertz CT molecular complexity index is 978. The van der Waals surface area contributed by atoms with E-state index in [9.17, 15) is 0 Å². The summed E-state index contributed by atoms with van der Waals surface area (Å²) in [5.74, 6) is 1.84. The van der Waals surface area contributed by atoms with Crippen molar-refractivity contribution in [3.63, 3.8) is 0 Å². The first-order valence-electron chi connectivity index (χ1n) is 9.03. The van der Waals surface area contributed by atoms with Crippen LogP contribution >= 0.6 is 11.6 Å². The Morgan fingerprint density at radius 1 is 1.21 bits per heavy atom. The van der Waals surface area contributed by atoms with E-state index in [1.54, 1.807) is 12.4 Å². The second-order valence-corrected chi connectivity index (χ2v) is 7.87. The van der Waals surface area contributed by atoms with E-state index in [0.717, 1.165) is 24.9 Å². The Labute approximate surface area is 192 Å². The number of piperidine rings is 1. The second-order valence-electron chi connectivity index (χ2n) is 7.46. The molecule has 2 aromatic heterocycles. The Morgan fingerprint density at radius 3 is 2.71 bits per heavy atom. The average Bonchev–Trinajstić information content (AvgIpc) is 3.32. The van der Waals surface area contributed by atoms with Crippen LogP contribution in [0.25, 0.3) is 11.1 Å². The number of hydrogen-bond donors (Lipinski definition) is 0. The van der Waals surface area contributed by atoms with Gasteiger partial charge in [-0.05, 0) is 43.4 Å². The van der Waals surface area contributed by atoms with Crippen molar-refractivity contribution in [3.8, 4) is 5.69 Å². The number of aryl methyl sites for hydroxylation is 1. The van der Waals surface area contributed by atoms with Crippen molar-refractivity contribution < 1.29 is 37.1 Å². The number of nitrogens with zero attached hydrogens (tertiary/aromatic N) is 7. The fourth-order valence-electron chi connectivity index (χ4n) is 4.41. The fourth-order valence-corrected chi connectivity index (χ4v) is 4.60. The van der Waals surface area contributed by atoms with E-state index in [2.05, 4.69) is 32.3 Å². The molecule has 1 unspecified atom stereocenters. The average molecular weight is 474 g/mol. The predicted molar refractivity (Wildman–Crippen MR) is 98.7 cm³/mol. The molecule has 0 amide bonds. The zero-order valence-electron chi connectivity index (χ0n) is 15.7. The van der Waals surface area contributed by atoms with Gasteiger partial charge in [0.05, 0.1) is 23.0 Å². The number of fused-ring (bicyclic) bond motifs is 2. The van der Waals surface area contributed by atoms with Crippen molar-refractivity contribution in [2.24, 2.45) is 5.92 Å². The van der Waals surface area contributed by atoms with Gasteiger partial charge in [0.2, 0.25) is 11.8 Å². The first-order chi connectivity index (χ1) is 13.0. The van der Waals surface area contributed by atoms with Gasteiger partial charge in [0, 0.05) is 39.6 Å². The Kier molecular flexibility index (Phi) is 5.33. The number of benzene rings is 1. The third-order valence-corrected chi connectivity index (χ3v) is 5.75. The van der Waals surface area contributed by atoms with E-state index in [-0.39, 0.29) is 38.2 Å². The zero-order valence-corrected chi connectivity index (χ0v) is 19.3. The van der Waals surface area contributed by atoms with Gasteiger partial charge in [-0.1, -0.05) is 24.6 Å². The third-order valence-electron chi connectivity index (χ3n) is 5.43. The first-order valence-corrected chi connectivity index (χ1v) is 9.41. The molecule has 28 heavy (non-hydrogen) atoms. The maximum absolute atomic E-state index is 6.32. The summed E-state index contributed by atoms with van der Waals surface area (Å²) in [5, 5.41) is 19.4.